The largest absolute Gasteiger partial charge is 0.381 e. The molecule has 0 spiro atoms. The molecule has 7 heteroatoms. The van der Waals surface area contributed by atoms with Crippen molar-refractivity contribution >= 4 is 16.9 Å². The van der Waals surface area contributed by atoms with Gasteiger partial charge in [-0.1, -0.05) is 24.3 Å². The summed E-state index contributed by atoms with van der Waals surface area (Å²) < 4.78 is 19.6. The Hall–Kier alpha value is -3.32. The van der Waals surface area contributed by atoms with E-state index in [2.05, 4.69) is 25.3 Å². The molecule has 1 aliphatic rings. The van der Waals surface area contributed by atoms with Crippen molar-refractivity contribution in [3.05, 3.63) is 83.3 Å². The number of nitrogens with zero attached hydrogens (tertiary/aromatic N) is 3. The molecule has 0 atom stereocenters. The van der Waals surface area contributed by atoms with Crippen LogP contribution in [0.1, 0.15) is 35.7 Å². The van der Waals surface area contributed by atoms with Crippen LogP contribution in [0.5, 0.6) is 0 Å². The smallest absolute Gasteiger partial charge is 0.129 e. The lowest BCUT2D eigenvalue weighted by molar-refractivity contribution is 0.0542. The van der Waals surface area contributed by atoms with Gasteiger partial charge in [0, 0.05) is 43.4 Å². The summed E-state index contributed by atoms with van der Waals surface area (Å²) in [6.45, 7) is 3.92. The predicted molar refractivity (Wildman–Crippen MR) is 127 cm³/mol. The van der Waals surface area contributed by atoms with Crippen LogP contribution in [0, 0.1) is 12.7 Å². The fraction of sp³-hybridized carbons (Fsp3) is 0.346. The van der Waals surface area contributed by atoms with Gasteiger partial charge in [-0.15, -0.1) is 0 Å². The van der Waals surface area contributed by atoms with Gasteiger partial charge >= 0.3 is 0 Å². The molecule has 3 heterocycles. The Kier molecular flexibility index (Phi) is 6.05. The van der Waals surface area contributed by atoms with E-state index in [0.717, 1.165) is 65.4 Å². The first-order valence-corrected chi connectivity index (χ1v) is 11.5. The molecule has 0 unspecified atom stereocenters. The maximum atomic E-state index is 14.0. The van der Waals surface area contributed by atoms with Crippen LogP contribution in [0.15, 0.2) is 54.6 Å². The Bertz CT molecular complexity index is 1220. The van der Waals surface area contributed by atoms with Gasteiger partial charge in [0.2, 0.25) is 0 Å². The highest BCUT2D eigenvalue weighted by molar-refractivity contribution is 5.74. The number of imidazole rings is 1. The maximum absolute atomic E-state index is 14.0. The standard InChI is InChI=1S/C26H28FN5O/c1-18-29-21(9-10-24-31-22-7-2-3-8-23(22)32-24)16-25(30-18)28-17-26(11-13-33-14-12-26)19-5-4-6-20(27)15-19/h2-8,15-16H,9-14,17H2,1H3,(H,31,32)(H,28,29,30). The Morgan fingerprint density at radius 1 is 1.00 bits per heavy atom. The summed E-state index contributed by atoms with van der Waals surface area (Å²) in [6.07, 6.45) is 3.22. The molecular formula is C26H28FN5O. The van der Waals surface area contributed by atoms with Gasteiger partial charge < -0.3 is 15.0 Å². The van der Waals surface area contributed by atoms with Gasteiger partial charge in [-0.3, -0.25) is 0 Å². The molecule has 0 aliphatic carbocycles. The molecule has 4 aromatic rings. The first-order valence-electron chi connectivity index (χ1n) is 11.5. The Morgan fingerprint density at radius 3 is 2.67 bits per heavy atom. The van der Waals surface area contributed by atoms with Crippen molar-refractivity contribution in [3.8, 4) is 0 Å². The molecule has 1 saturated heterocycles. The molecule has 2 aromatic heterocycles. The number of aromatic amines is 1. The zero-order valence-electron chi connectivity index (χ0n) is 18.8. The van der Waals surface area contributed by atoms with E-state index in [1.165, 1.54) is 6.07 Å². The molecule has 6 nitrogen and oxygen atoms in total. The molecule has 5 rings (SSSR count). The molecule has 0 bridgehead atoms. The first kappa shape index (κ1) is 21.5. The molecular weight excluding hydrogens is 417 g/mol. The van der Waals surface area contributed by atoms with Crippen molar-refractivity contribution in [1.29, 1.82) is 0 Å². The molecule has 0 radical (unpaired) electrons. The normalized spacial score (nSPS) is 15.6. The number of fused-ring (bicyclic) bond motifs is 1. The lowest BCUT2D eigenvalue weighted by atomic mass is 9.74. The molecule has 1 fully saturated rings. The molecule has 0 amide bonds. The number of halogens is 1. The number of ether oxygens (including phenoxy) is 1. The third-order valence-corrected chi connectivity index (χ3v) is 6.44. The van der Waals surface area contributed by atoms with Crippen LogP contribution in [0.2, 0.25) is 0 Å². The van der Waals surface area contributed by atoms with Crippen LogP contribution in [0.25, 0.3) is 11.0 Å². The highest BCUT2D eigenvalue weighted by Crippen LogP contribution is 2.35. The fourth-order valence-electron chi connectivity index (χ4n) is 4.63. The summed E-state index contributed by atoms with van der Waals surface area (Å²) in [5, 5.41) is 3.52. The van der Waals surface area contributed by atoms with E-state index in [9.17, 15) is 4.39 Å². The van der Waals surface area contributed by atoms with Crippen LogP contribution in [0.3, 0.4) is 0 Å². The second-order valence-electron chi connectivity index (χ2n) is 8.75. The molecule has 170 valence electrons. The molecule has 2 N–H and O–H groups in total. The van der Waals surface area contributed by atoms with E-state index < -0.39 is 0 Å². The van der Waals surface area contributed by atoms with Crippen molar-refractivity contribution in [2.75, 3.05) is 25.1 Å². The number of anilines is 1. The maximum Gasteiger partial charge on any atom is 0.129 e. The minimum absolute atomic E-state index is 0.187. The van der Waals surface area contributed by atoms with Gasteiger partial charge in [0.15, 0.2) is 0 Å². The first-order chi connectivity index (χ1) is 16.1. The van der Waals surface area contributed by atoms with Crippen molar-refractivity contribution in [3.63, 3.8) is 0 Å². The highest BCUT2D eigenvalue weighted by atomic mass is 19.1. The summed E-state index contributed by atoms with van der Waals surface area (Å²) >= 11 is 0. The van der Waals surface area contributed by atoms with Crippen molar-refractivity contribution < 1.29 is 9.13 Å². The Balaban J connectivity index is 1.31. The van der Waals surface area contributed by atoms with Crippen LogP contribution in [-0.2, 0) is 23.0 Å². The van der Waals surface area contributed by atoms with Crippen molar-refractivity contribution in [2.45, 2.75) is 38.0 Å². The van der Waals surface area contributed by atoms with Gasteiger partial charge in [0.25, 0.3) is 0 Å². The van der Waals surface area contributed by atoms with E-state index in [0.29, 0.717) is 19.8 Å². The van der Waals surface area contributed by atoms with E-state index in [-0.39, 0.29) is 11.2 Å². The van der Waals surface area contributed by atoms with Gasteiger partial charge in [-0.05, 0) is 56.0 Å². The Labute approximate surface area is 192 Å². The number of aryl methyl sites for hydroxylation is 3. The minimum Gasteiger partial charge on any atom is -0.381 e. The lowest BCUT2D eigenvalue weighted by Gasteiger charge is -2.38. The summed E-state index contributed by atoms with van der Waals surface area (Å²) in [5.41, 5.74) is 3.82. The van der Waals surface area contributed by atoms with Gasteiger partial charge in [-0.2, -0.15) is 0 Å². The highest BCUT2D eigenvalue weighted by Gasteiger charge is 2.34. The summed E-state index contributed by atoms with van der Waals surface area (Å²) in [6, 6.07) is 17.0. The third-order valence-electron chi connectivity index (χ3n) is 6.44. The van der Waals surface area contributed by atoms with Gasteiger partial charge in [0.05, 0.1) is 11.0 Å². The average Bonchev–Trinajstić information content (AvgIpc) is 3.25. The lowest BCUT2D eigenvalue weighted by Crippen LogP contribution is -2.40. The van der Waals surface area contributed by atoms with Crippen LogP contribution in [-0.4, -0.2) is 39.7 Å². The topological polar surface area (TPSA) is 75.7 Å². The predicted octanol–water partition coefficient (Wildman–Crippen LogP) is 4.75. The number of nitrogens with one attached hydrogen (secondary N) is 2. The number of rotatable bonds is 7. The number of hydrogen-bond acceptors (Lipinski definition) is 5. The number of aromatic nitrogens is 4. The van der Waals surface area contributed by atoms with Crippen molar-refractivity contribution in [1.82, 2.24) is 19.9 Å². The van der Waals surface area contributed by atoms with E-state index in [1.54, 1.807) is 12.1 Å². The number of benzene rings is 2. The second-order valence-corrected chi connectivity index (χ2v) is 8.75. The monoisotopic (exact) mass is 445 g/mol. The minimum atomic E-state index is -0.205. The van der Waals surface area contributed by atoms with Crippen molar-refractivity contribution in [2.24, 2.45) is 0 Å². The molecule has 33 heavy (non-hydrogen) atoms. The van der Waals surface area contributed by atoms with E-state index >= 15 is 0 Å². The zero-order valence-corrected chi connectivity index (χ0v) is 18.8. The van der Waals surface area contributed by atoms with Crippen LogP contribution in [0.4, 0.5) is 10.2 Å². The van der Waals surface area contributed by atoms with Crippen LogP contribution >= 0.6 is 0 Å². The zero-order chi connectivity index (χ0) is 22.7. The third kappa shape index (κ3) is 4.88. The van der Waals surface area contributed by atoms with Gasteiger partial charge in [0.1, 0.15) is 23.3 Å². The summed E-state index contributed by atoms with van der Waals surface area (Å²) in [7, 11) is 0. The van der Waals surface area contributed by atoms with E-state index in [1.807, 2.05) is 43.3 Å². The summed E-state index contributed by atoms with van der Waals surface area (Å²) in [4.78, 5) is 17.3. The molecule has 1 aliphatic heterocycles. The quantitative estimate of drug-likeness (QED) is 0.430. The summed E-state index contributed by atoms with van der Waals surface area (Å²) in [5.74, 6) is 2.27. The average molecular weight is 446 g/mol. The van der Waals surface area contributed by atoms with Crippen LogP contribution < -0.4 is 5.32 Å². The molecule has 0 saturated carbocycles. The van der Waals surface area contributed by atoms with E-state index in [4.69, 9.17) is 4.74 Å². The number of hydrogen-bond donors (Lipinski definition) is 2. The molecule has 2 aromatic carbocycles. The fourth-order valence-corrected chi connectivity index (χ4v) is 4.63. The van der Waals surface area contributed by atoms with Gasteiger partial charge in [-0.25, -0.2) is 19.3 Å². The SMILES string of the molecule is Cc1nc(CCc2nc3ccccc3[nH]2)cc(NCC2(c3cccc(F)c3)CCOCC2)n1. The second kappa shape index (κ2) is 9.27. The Morgan fingerprint density at radius 2 is 1.85 bits per heavy atom. The number of para-hydroxylation sites is 2. The number of H-pyrrole nitrogens is 1.